The third kappa shape index (κ3) is 2.97. The van der Waals surface area contributed by atoms with Gasteiger partial charge in [-0.25, -0.2) is 0 Å². The van der Waals surface area contributed by atoms with Crippen molar-refractivity contribution in [3.05, 3.63) is 48.5 Å². The first kappa shape index (κ1) is 15.7. The first-order valence-corrected chi connectivity index (χ1v) is 13.6. The van der Waals surface area contributed by atoms with Crippen LogP contribution in [-0.2, 0) is 0 Å². The number of hydrogen-bond acceptors (Lipinski definition) is 1. The molecule has 0 N–H and O–H groups in total. The summed E-state index contributed by atoms with van der Waals surface area (Å²) in [5, 5.41) is 1.36. The summed E-state index contributed by atoms with van der Waals surface area (Å²) >= 11 is -2.07. The Labute approximate surface area is 137 Å². The van der Waals surface area contributed by atoms with Gasteiger partial charge in [0.1, 0.15) is 0 Å². The van der Waals surface area contributed by atoms with E-state index < -0.39 is 13.6 Å². The van der Waals surface area contributed by atoms with Crippen LogP contribution < -0.4 is 13.4 Å². The van der Waals surface area contributed by atoms with Crippen molar-refractivity contribution in [2.45, 2.75) is 49.9 Å². The molecule has 0 aromatic heterocycles. The van der Waals surface area contributed by atoms with E-state index in [9.17, 15) is 0 Å². The van der Waals surface area contributed by atoms with Crippen molar-refractivity contribution in [1.29, 1.82) is 0 Å². The fourth-order valence-corrected chi connectivity index (χ4v) is 11.1. The summed E-state index contributed by atoms with van der Waals surface area (Å²) in [5.41, 5.74) is 2.55. The van der Waals surface area contributed by atoms with Crippen LogP contribution in [0.3, 0.4) is 0 Å². The van der Waals surface area contributed by atoms with Gasteiger partial charge in [-0.3, -0.25) is 0 Å². The summed E-state index contributed by atoms with van der Waals surface area (Å²) in [7, 11) is 0. The molecule has 0 atom stereocenters. The van der Waals surface area contributed by atoms with Gasteiger partial charge in [-0.15, -0.1) is 0 Å². The summed E-state index contributed by atoms with van der Waals surface area (Å²) in [6.45, 7) is 2.28. The van der Waals surface area contributed by atoms with E-state index in [1.54, 1.807) is 0 Å². The molecule has 1 aliphatic heterocycles. The van der Waals surface area contributed by atoms with Gasteiger partial charge in [0.2, 0.25) is 0 Å². The third-order valence-electron chi connectivity index (χ3n) is 4.72. The van der Waals surface area contributed by atoms with Crippen LogP contribution in [0.4, 0.5) is 0 Å². The average molecular weight is 357 g/mol. The Bertz CT molecular complexity index is 590. The van der Waals surface area contributed by atoms with E-state index in [0.29, 0.717) is 0 Å². The van der Waals surface area contributed by atoms with E-state index in [-0.39, 0.29) is 0 Å². The van der Waals surface area contributed by atoms with Crippen LogP contribution >= 0.6 is 0 Å². The van der Waals surface area contributed by atoms with E-state index in [2.05, 4.69) is 61.2 Å². The van der Waals surface area contributed by atoms with Crippen LogP contribution in [-0.4, -0.2) is 13.6 Å². The molecular formula is C20H26AsO. The molecule has 0 aliphatic carbocycles. The van der Waals surface area contributed by atoms with Gasteiger partial charge < -0.3 is 0 Å². The minimum absolute atomic E-state index is 1.10. The molecule has 117 valence electrons. The van der Waals surface area contributed by atoms with Gasteiger partial charge >= 0.3 is 137 Å². The number of fused-ring (bicyclic) bond motifs is 2. The van der Waals surface area contributed by atoms with E-state index >= 15 is 0 Å². The van der Waals surface area contributed by atoms with Crippen molar-refractivity contribution in [3.63, 3.8) is 0 Å². The second-order valence-corrected chi connectivity index (χ2v) is 14.3. The predicted octanol–water partition coefficient (Wildman–Crippen LogP) is 4.96. The summed E-state index contributed by atoms with van der Waals surface area (Å²) in [6.07, 6.45) is 6.80. The van der Waals surface area contributed by atoms with Gasteiger partial charge in [0.25, 0.3) is 0 Å². The second kappa shape index (κ2) is 6.92. The van der Waals surface area contributed by atoms with Crippen molar-refractivity contribution >= 4 is 22.3 Å². The Morgan fingerprint density at radius 2 is 1.32 bits per heavy atom. The molecule has 1 radical (unpaired) electrons. The monoisotopic (exact) mass is 357 g/mol. The molecule has 0 spiro atoms. The molecule has 0 bridgehead atoms. The zero-order chi connectivity index (χ0) is 15.4. The number of hydrogen-bond donors (Lipinski definition) is 0. The van der Waals surface area contributed by atoms with Gasteiger partial charge in [-0.1, -0.05) is 0 Å². The van der Waals surface area contributed by atoms with Gasteiger partial charge in [0, 0.05) is 0 Å². The van der Waals surface area contributed by atoms with Crippen molar-refractivity contribution in [2.24, 2.45) is 0 Å². The molecule has 0 amide bonds. The van der Waals surface area contributed by atoms with Gasteiger partial charge in [0.15, 0.2) is 0 Å². The third-order valence-corrected chi connectivity index (χ3v) is 13.3. The van der Waals surface area contributed by atoms with E-state index in [1.807, 2.05) is 0 Å². The predicted molar refractivity (Wildman–Crippen MR) is 97.4 cm³/mol. The standard InChI is InChI=1S/C20H26AsO/c1-3-4-5-6-11-16-21(2)17-12-7-9-14-19(17)22-20-15-10-8-13-18(20)21/h7-10,12-15H,3-6,11,16H2,1-2H3. The van der Waals surface area contributed by atoms with Crippen LogP contribution in [0.15, 0.2) is 48.5 Å². The number of benzene rings is 2. The zero-order valence-corrected chi connectivity index (χ0v) is 15.6. The summed E-state index contributed by atoms with van der Waals surface area (Å²) in [4.78, 5) is 0. The summed E-state index contributed by atoms with van der Waals surface area (Å²) < 4.78 is 9.18. The maximum absolute atomic E-state index is 6.16. The first-order valence-electron chi connectivity index (χ1n) is 8.48. The molecule has 22 heavy (non-hydrogen) atoms. The first-order chi connectivity index (χ1) is 10.8. The van der Waals surface area contributed by atoms with Gasteiger partial charge in [-0.2, -0.15) is 0 Å². The quantitative estimate of drug-likeness (QED) is 0.525. The molecule has 0 fully saturated rings. The minimum atomic E-state index is -2.07. The Morgan fingerprint density at radius 3 is 1.91 bits per heavy atom. The van der Waals surface area contributed by atoms with Crippen molar-refractivity contribution in [1.82, 2.24) is 0 Å². The van der Waals surface area contributed by atoms with Crippen LogP contribution in [0.25, 0.3) is 0 Å². The van der Waals surface area contributed by atoms with Crippen LogP contribution in [0.1, 0.15) is 39.0 Å². The van der Waals surface area contributed by atoms with Crippen LogP contribution in [0.5, 0.6) is 11.5 Å². The Balaban J connectivity index is 1.88. The topological polar surface area (TPSA) is 9.23 Å². The Hall–Kier alpha value is -1.20. The summed E-state index contributed by atoms with van der Waals surface area (Å²) in [6, 6.07) is 17.4. The molecule has 1 nitrogen and oxygen atoms in total. The van der Waals surface area contributed by atoms with Crippen molar-refractivity contribution in [3.8, 4) is 11.5 Å². The molecule has 1 aliphatic rings. The molecule has 3 rings (SSSR count). The molecule has 0 saturated carbocycles. The molecule has 2 aromatic carbocycles. The average Bonchev–Trinajstić information content (AvgIpc) is 2.55. The molecule has 0 saturated heterocycles. The zero-order valence-electron chi connectivity index (χ0n) is 13.7. The van der Waals surface area contributed by atoms with E-state index in [4.69, 9.17) is 4.74 Å². The van der Waals surface area contributed by atoms with Gasteiger partial charge in [0.05, 0.1) is 0 Å². The fourth-order valence-electron chi connectivity index (χ4n) is 3.42. The number of unbranched alkanes of at least 4 members (excludes halogenated alkanes) is 4. The van der Waals surface area contributed by atoms with E-state index in [0.717, 1.165) is 11.5 Å². The second-order valence-electron chi connectivity index (χ2n) is 6.37. The normalized spacial score (nSPS) is 14.8. The SMILES string of the molecule is CCCCCCC[As]1(C)c2ccccc2Oc2ccccc21. The van der Waals surface area contributed by atoms with E-state index in [1.165, 1.54) is 46.0 Å². The fraction of sp³-hybridized carbons (Fsp3) is 0.400. The molecule has 1 heterocycles. The van der Waals surface area contributed by atoms with Crippen LogP contribution in [0, 0.1) is 0 Å². The maximum atomic E-state index is 6.16. The summed E-state index contributed by atoms with van der Waals surface area (Å²) in [5.74, 6) is 2.20. The van der Waals surface area contributed by atoms with Crippen LogP contribution in [0.2, 0.25) is 10.9 Å². The van der Waals surface area contributed by atoms with Crippen molar-refractivity contribution < 1.29 is 4.74 Å². The molecule has 2 aromatic rings. The van der Waals surface area contributed by atoms with Gasteiger partial charge in [-0.05, 0) is 0 Å². The number of para-hydroxylation sites is 2. The molecule has 2 heteroatoms. The number of rotatable bonds is 6. The van der Waals surface area contributed by atoms with Crippen molar-refractivity contribution in [2.75, 3.05) is 0 Å². The Kier molecular flexibility index (Phi) is 4.93. The number of ether oxygens (including phenoxy) is 1. The molecular weight excluding hydrogens is 331 g/mol. The molecule has 0 unspecified atom stereocenters. The Morgan fingerprint density at radius 1 is 0.773 bits per heavy atom.